The molecule has 1 aliphatic heterocycles. The number of anilines is 1. The highest BCUT2D eigenvalue weighted by atomic mass is 127. The molecule has 1 heterocycles. The summed E-state index contributed by atoms with van der Waals surface area (Å²) < 4.78 is 0. The minimum atomic E-state index is 0. The van der Waals surface area contributed by atoms with Gasteiger partial charge in [0, 0.05) is 38.9 Å². The lowest BCUT2D eigenvalue weighted by Gasteiger charge is -2.18. The molecular weight excluding hydrogens is 423 g/mol. The Hall–Kier alpha value is -2.02. The van der Waals surface area contributed by atoms with E-state index < -0.39 is 0 Å². The molecule has 0 atom stereocenters. The van der Waals surface area contributed by atoms with Crippen molar-refractivity contribution in [3.05, 3.63) is 77.9 Å². The molecule has 0 unspecified atom stereocenters. The highest BCUT2D eigenvalue weighted by Gasteiger charge is 2.07. The molecule has 2 aromatic carbocycles. The van der Waals surface area contributed by atoms with E-state index in [2.05, 4.69) is 69.1 Å². The van der Waals surface area contributed by atoms with Crippen molar-refractivity contribution in [1.29, 1.82) is 0 Å². The van der Waals surface area contributed by atoms with Crippen molar-refractivity contribution in [3.63, 3.8) is 0 Å². The molecule has 5 heteroatoms. The van der Waals surface area contributed by atoms with Crippen molar-refractivity contribution < 1.29 is 0 Å². The molecule has 0 fully saturated rings. The molecule has 2 N–H and O–H groups in total. The first-order valence-electron chi connectivity index (χ1n) is 8.32. The Kier molecular flexibility index (Phi) is 7.78. The molecule has 0 aliphatic carbocycles. The molecule has 3 rings (SSSR count). The predicted molar refractivity (Wildman–Crippen MR) is 117 cm³/mol. The number of hydrogen-bond donors (Lipinski definition) is 2. The zero-order chi connectivity index (χ0) is 16.6. The van der Waals surface area contributed by atoms with Gasteiger partial charge in [0.15, 0.2) is 5.96 Å². The molecule has 132 valence electrons. The van der Waals surface area contributed by atoms with Crippen LogP contribution >= 0.6 is 24.0 Å². The van der Waals surface area contributed by atoms with Crippen LogP contribution in [0.2, 0.25) is 0 Å². The van der Waals surface area contributed by atoms with Gasteiger partial charge in [0.05, 0.1) is 0 Å². The summed E-state index contributed by atoms with van der Waals surface area (Å²) in [5.41, 5.74) is 3.76. The van der Waals surface area contributed by atoms with Gasteiger partial charge < -0.3 is 15.5 Å². The van der Waals surface area contributed by atoms with E-state index >= 15 is 0 Å². The number of rotatable bonds is 5. The second kappa shape index (κ2) is 10.1. The van der Waals surface area contributed by atoms with Crippen LogP contribution in [-0.2, 0) is 13.1 Å². The fourth-order valence-electron chi connectivity index (χ4n) is 2.70. The van der Waals surface area contributed by atoms with Crippen LogP contribution in [0.5, 0.6) is 0 Å². The average Bonchev–Trinajstić information content (AvgIpc) is 3.18. The van der Waals surface area contributed by atoms with Gasteiger partial charge in [-0.2, -0.15) is 0 Å². The third-order valence-electron chi connectivity index (χ3n) is 4.11. The van der Waals surface area contributed by atoms with Crippen LogP contribution in [-0.4, -0.2) is 26.1 Å². The van der Waals surface area contributed by atoms with E-state index in [1.54, 1.807) is 7.05 Å². The molecule has 0 amide bonds. The minimum absolute atomic E-state index is 0. The van der Waals surface area contributed by atoms with Gasteiger partial charge in [0.2, 0.25) is 0 Å². The van der Waals surface area contributed by atoms with E-state index in [1.807, 2.05) is 18.2 Å². The monoisotopic (exact) mass is 448 g/mol. The first-order valence-corrected chi connectivity index (χ1v) is 8.32. The lowest BCUT2D eigenvalue weighted by Crippen LogP contribution is -2.36. The predicted octanol–water partition coefficient (Wildman–Crippen LogP) is 3.55. The molecule has 4 nitrogen and oxygen atoms in total. The highest BCUT2D eigenvalue weighted by Crippen LogP contribution is 2.17. The van der Waals surface area contributed by atoms with E-state index in [0.29, 0.717) is 0 Å². The molecule has 2 aromatic rings. The summed E-state index contributed by atoms with van der Waals surface area (Å²) in [4.78, 5) is 6.62. The van der Waals surface area contributed by atoms with Crippen LogP contribution in [0.25, 0.3) is 0 Å². The standard InChI is InChI=1S/C20H24N4.HI/c1-21-20(22-15-17-7-3-2-4-8-17)23-16-18-9-11-19(12-10-18)24-13-5-6-14-24;/h2-12H,13-16H2,1H3,(H2,21,22,23);1H. The van der Waals surface area contributed by atoms with E-state index in [9.17, 15) is 0 Å². The van der Waals surface area contributed by atoms with Gasteiger partial charge >= 0.3 is 0 Å². The SMILES string of the molecule is CN=C(NCc1ccccc1)NCc1ccc(N2CC=CC2)cc1.I. The number of benzene rings is 2. The fourth-order valence-corrected chi connectivity index (χ4v) is 2.70. The van der Waals surface area contributed by atoms with Crippen LogP contribution in [0.1, 0.15) is 11.1 Å². The lowest BCUT2D eigenvalue weighted by molar-refractivity contribution is 0.809. The van der Waals surface area contributed by atoms with Gasteiger partial charge in [-0.05, 0) is 23.3 Å². The summed E-state index contributed by atoms with van der Waals surface area (Å²) in [7, 11) is 1.80. The van der Waals surface area contributed by atoms with Crippen LogP contribution in [0.15, 0.2) is 71.7 Å². The van der Waals surface area contributed by atoms with Crippen molar-refractivity contribution in [2.75, 3.05) is 25.0 Å². The third kappa shape index (κ3) is 5.77. The first-order chi connectivity index (χ1) is 11.8. The topological polar surface area (TPSA) is 39.7 Å². The minimum Gasteiger partial charge on any atom is -0.364 e. The van der Waals surface area contributed by atoms with E-state index in [0.717, 1.165) is 32.1 Å². The maximum atomic E-state index is 4.28. The second-order valence-electron chi connectivity index (χ2n) is 5.81. The van der Waals surface area contributed by atoms with Crippen molar-refractivity contribution in [1.82, 2.24) is 10.6 Å². The summed E-state index contributed by atoms with van der Waals surface area (Å²) in [6.45, 7) is 3.54. The van der Waals surface area contributed by atoms with Crippen LogP contribution in [0.4, 0.5) is 5.69 Å². The fraction of sp³-hybridized carbons (Fsp3) is 0.250. The largest absolute Gasteiger partial charge is 0.364 e. The smallest absolute Gasteiger partial charge is 0.191 e. The quantitative estimate of drug-likeness (QED) is 0.318. The number of nitrogens with one attached hydrogen (secondary N) is 2. The van der Waals surface area contributed by atoms with Gasteiger partial charge in [-0.1, -0.05) is 54.6 Å². The Bertz CT molecular complexity index is 687. The average molecular weight is 448 g/mol. The van der Waals surface area contributed by atoms with Crippen molar-refractivity contribution in [2.24, 2.45) is 4.99 Å². The molecule has 0 spiro atoms. The molecule has 0 radical (unpaired) electrons. The molecule has 0 saturated heterocycles. The summed E-state index contributed by atoms with van der Waals surface area (Å²) in [5.74, 6) is 0.812. The summed E-state index contributed by atoms with van der Waals surface area (Å²) in [6.07, 6.45) is 4.41. The van der Waals surface area contributed by atoms with E-state index in [1.165, 1.54) is 16.8 Å². The Labute approximate surface area is 167 Å². The Morgan fingerprint density at radius 2 is 1.44 bits per heavy atom. The summed E-state index contributed by atoms with van der Waals surface area (Å²) in [5, 5.41) is 6.69. The molecule has 0 bridgehead atoms. The highest BCUT2D eigenvalue weighted by molar-refractivity contribution is 14.0. The molecular formula is C20H25IN4. The summed E-state index contributed by atoms with van der Waals surface area (Å²) >= 11 is 0. The third-order valence-corrected chi connectivity index (χ3v) is 4.11. The number of aliphatic imine (C=N–C) groups is 1. The van der Waals surface area contributed by atoms with Gasteiger partial charge in [0.25, 0.3) is 0 Å². The molecule has 25 heavy (non-hydrogen) atoms. The molecule has 0 saturated carbocycles. The maximum Gasteiger partial charge on any atom is 0.191 e. The lowest BCUT2D eigenvalue weighted by atomic mass is 10.2. The van der Waals surface area contributed by atoms with Crippen LogP contribution in [0, 0.1) is 0 Å². The molecule has 0 aromatic heterocycles. The number of hydrogen-bond acceptors (Lipinski definition) is 2. The van der Waals surface area contributed by atoms with Crippen molar-refractivity contribution in [3.8, 4) is 0 Å². The van der Waals surface area contributed by atoms with Gasteiger partial charge in [0.1, 0.15) is 0 Å². The Morgan fingerprint density at radius 1 is 0.880 bits per heavy atom. The number of nitrogens with zero attached hydrogens (tertiary/aromatic N) is 2. The second-order valence-corrected chi connectivity index (χ2v) is 5.81. The summed E-state index contributed by atoms with van der Waals surface area (Å²) in [6, 6.07) is 19.0. The van der Waals surface area contributed by atoms with Gasteiger partial charge in [-0.3, -0.25) is 4.99 Å². The van der Waals surface area contributed by atoms with Crippen molar-refractivity contribution >= 4 is 35.6 Å². The van der Waals surface area contributed by atoms with Gasteiger partial charge in [-0.25, -0.2) is 0 Å². The van der Waals surface area contributed by atoms with Crippen LogP contribution in [0.3, 0.4) is 0 Å². The zero-order valence-electron chi connectivity index (χ0n) is 14.5. The first kappa shape index (κ1) is 19.3. The van der Waals surface area contributed by atoms with E-state index in [-0.39, 0.29) is 24.0 Å². The Balaban J connectivity index is 0.00000225. The normalized spacial score (nSPS) is 13.5. The maximum absolute atomic E-state index is 4.28. The van der Waals surface area contributed by atoms with Crippen molar-refractivity contribution in [2.45, 2.75) is 13.1 Å². The molecule has 1 aliphatic rings. The van der Waals surface area contributed by atoms with Crippen LogP contribution < -0.4 is 15.5 Å². The van der Waals surface area contributed by atoms with Gasteiger partial charge in [-0.15, -0.1) is 24.0 Å². The van der Waals surface area contributed by atoms with E-state index in [4.69, 9.17) is 0 Å². The zero-order valence-corrected chi connectivity index (χ0v) is 16.8. The Morgan fingerprint density at radius 3 is 2.00 bits per heavy atom. The number of halogens is 1. The number of guanidine groups is 1.